The van der Waals surface area contributed by atoms with Crippen LogP contribution in [0.3, 0.4) is 0 Å². The lowest BCUT2D eigenvalue weighted by Gasteiger charge is -2.22. The van der Waals surface area contributed by atoms with E-state index in [1.54, 1.807) is 6.07 Å². The maximum absolute atomic E-state index is 12.8. The van der Waals surface area contributed by atoms with Gasteiger partial charge in [-0.2, -0.15) is 0 Å². The number of amides is 2. The molecular formula is C20H26N2O3S. The fourth-order valence-electron chi connectivity index (χ4n) is 2.43. The molecule has 0 aliphatic heterocycles. The molecule has 0 aliphatic carbocycles. The smallest absolute Gasteiger partial charge is 0.262 e. The number of hydrogen-bond donors (Lipinski definition) is 2. The summed E-state index contributed by atoms with van der Waals surface area (Å²) < 4.78 is 5.75. The van der Waals surface area contributed by atoms with Crippen molar-refractivity contribution in [2.45, 2.75) is 40.2 Å². The number of aryl methyl sites for hydroxylation is 1. The Morgan fingerprint density at radius 2 is 2.00 bits per heavy atom. The summed E-state index contributed by atoms with van der Waals surface area (Å²) in [5, 5.41) is 7.57. The summed E-state index contributed by atoms with van der Waals surface area (Å²) in [6.45, 7) is 8.39. The molecule has 0 aliphatic rings. The molecule has 5 nitrogen and oxygen atoms in total. The van der Waals surface area contributed by atoms with Gasteiger partial charge in [-0.05, 0) is 48.4 Å². The second-order valence-corrected chi connectivity index (χ2v) is 7.46. The molecule has 0 bridgehead atoms. The Balaban J connectivity index is 2.13. The summed E-state index contributed by atoms with van der Waals surface area (Å²) in [7, 11) is 0. The van der Waals surface area contributed by atoms with Crippen LogP contribution in [0.5, 0.6) is 5.75 Å². The molecule has 1 unspecified atom stereocenters. The van der Waals surface area contributed by atoms with Crippen molar-refractivity contribution < 1.29 is 14.3 Å². The number of benzene rings is 1. The molecule has 1 aromatic heterocycles. The highest BCUT2D eigenvalue weighted by atomic mass is 32.1. The minimum atomic E-state index is -0.634. The lowest BCUT2D eigenvalue weighted by atomic mass is 10.0. The number of hydrogen-bond acceptors (Lipinski definition) is 4. The van der Waals surface area contributed by atoms with Crippen LogP contribution in [0.15, 0.2) is 35.7 Å². The number of rotatable bonds is 8. The molecule has 6 heteroatoms. The van der Waals surface area contributed by atoms with Crippen LogP contribution in [0.25, 0.3) is 0 Å². The van der Waals surface area contributed by atoms with E-state index in [2.05, 4.69) is 10.6 Å². The average Bonchev–Trinajstić information content (AvgIpc) is 3.14. The highest BCUT2D eigenvalue weighted by Crippen LogP contribution is 2.26. The standard InChI is InChI=1S/C20H26N2O3S/c1-5-10-25-16-12-14(4)8-9-15(16)21-20(24)18(13(2)3)22-19(23)17-7-6-11-26-17/h6-9,11-13,18H,5,10H2,1-4H3,(H,21,24)(H,22,23). The lowest BCUT2D eigenvalue weighted by molar-refractivity contribution is -0.118. The second kappa shape index (κ2) is 9.38. The summed E-state index contributed by atoms with van der Waals surface area (Å²) >= 11 is 1.35. The third-order valence-corrected chi connectivity index (χ3v) is 4.71. The number of carbonyl (C=O) groups excluding carboxylic acids is 2. The van der Waals surface area contributed by atoms with Gasteiger partial charge in [-0.25, -0.2) is 0 Å². The summed E-state index contributed by atoms with van der Waals surface area (Å²) in [6.07, 6.45) is 0.882. The van der Waals surface area contributed by atoms with Gasteiger partial charge in [0.25, 0.3) is 5.91 Å². The van der Waals surface area contributed by atoms with Crippen molar-refractivity contribution in [3.63, 3.8) is 0 Å². The quantitative estimate of drug-likeness (QED) is 0.726. The normalized spacial score (nSPS) is 11.9. The first-order chi connectivity index (χ1) is 12.4. The van der Waals surface area contributed by atoms with Crippen molar-refractivity contribution in [2.24, 2.45) is 5.92 Å². The molecule has 2 amide bonds. The van der Waals surface area contributed by atoms with Crippen LogP contribution in [0.1, 0.15) is 42.4 Å². The molecule has 1 heterocycles. The van der Waals surface area contributed by atoms with Crippen molar-refractivity contribution in [1.82, 2.24) is 5.32 Å². The number of carbonyl (C=O) groups is 2. The first kappa shape index (κ1) is 20.0. The van der Waals surface area contributed by atoms with Gasteiger partial charge in [0.15, 0.2) is 0 Å². The molecule has 1 atom stereocenters. The highest BCUT2D eigenvalue weighted by molar-refractivity contribution is 7.12. The maximum Gasteiger partial charge on any atom is 0.262 e. The highest BCUT2D eigenvalue weighted by Gasteiger charge is 2.25. The largest absolute Gasteiger partial charge is 0.491 e. The van der Waals surface area contributed by atoms with Gasteiger partial charge >= 0.3 is 0 Å². The fourth-order valence-corrected chi connectivity index (χ4v) is 3.06. The van der Waals surface area contributed by atoms with Crippen LogP contribution >= 0.6 is 11.3 Å². The molecule has 1 aromatic carbocycles. The number of nitrogens with one attached hydrogen (secondary N) is 2. The summed E-state index contributed by atoms with van der Waals surface area (Å²) in [5.74, 6) is 0.104. The lowest BCUT2D eigenvalue weighted by Crippen LogP contribution is -2.47. The molecule has 140 valence electrons. The summed E-state index contributed by atoms with van der Waals surface area (Å²) in [6, 6.07) is 8.57. The molecule has 0 radical (unpaired) electrons. The zero-order chi connectivity index (χ0) is 19.1. The van der Waals surface area contributed by atoms with E-state index >= 15 is 0 Å². The third kappa shape index (κ3) is 5.33. The predicted molar refractivity (Wildman–Crippen MR) is 106 cm³/mol. The zero-order valence-corrected chi connectivity index (χ0v) is 16.5. The van der Waals surface area contributed by atoms with Gasteiger partial charge in [0.2, 0.25) is 5.91 Å². The Bertz CT molecular complexity index is 742. The number of anilines is 1. The SMILES string of the molecule is CCCOc1cc(C)ccc1NC(=O)C(NC(=O)c1cccs1)C(C)C. The Morgan fingerprint density at radius 1 is 1.23 bits per heavy atom. The molecular weight excluding hydrogens is 348 g/mol. The number of ether oxygens (including phenoxy) is 1. The Hall–Kier alpha value is -2.34. The molecule has 0 saturated heterocycles. The molecule has 0 saturated carbocycles. The van der Waals surface area contributed by atoms with Gasteiger partial charge in [0.05, 0.1) is 17.2 Å². The van der Waals surface area contributed by atoms with Gasteiger partial charge in [-0.1, -0.05) is 32.9 Å². The molecule has 2 N–H and O–H groups in total. The Kier molecular flexibility index (Phi) is 7.21. The Morgan fingerprint density at radius 3 is 2.62 bits per heavy atom. The maximum atomic E-state index is 12.8. The molecule has 26 heavy (non-hydrogen) atoms. The van der Waals surface area contributed by atoms with Crippen molar-refractivity contribution in [2.75, 3.05) is 11.9 Å². The van der Waals surface area contributed by atoms with Crippen LogP contribution in [0, 0.1) is 12.8 Å². The summed E-state index contributed by atoms with van der Waals surface area (Å²) in [4.78, 5) is 25.7. The minimum Gasteiger partial charge on any atom is -0.491 e. The van der Waals surface area contributed by atoms with E-state index in [-0.39, 0.29) is 17.7 Å². The van der Waals surface area contributed by atoms with Crippen LogP contribution in [0.4, 0.5) is 5.69 Å². The van der Waals surface area contributed by atoms with E-state index in [4.69, 9.17) is 4.74 Å². The van der Waals surface area contributed by atoms with E-state index in [1.165, 1.54) is 11.3 Å². The van der Waals surface area contributed by atoms with Crippen molar-refractivity contribution in [3.8, 4) is 5.75 Å². The number of thiophene rings is 1. The van der Waals surface area contributed by atoms with Crippen LogP contribution < -0.4 is 15.4 Å². The van der Waals surface area contributed by atoms with Crippen LogP contribution in [-0.4, -0.2) is 24.5 Å². The van der Waals surface area contributed by atoms with E-state index in [9.17, 15) is 9.59 Å². The molecule has 0 fully saturated rings. The Labute approximate surface area is 158 Å². The average molecular weight is 375 g/mol. The molecule has 2 rings (SSSR count). The fraction of sp³-hybridized carbons (Fsp3) is 0.400. The minimum absolute atomic E-state index is 0.0515. The van der Waals surface area contributed by atoms with Gasteiger partial charge in [0, 0.05) is 0 Å². The first-order valence-electron chi connectivity index (χ1n) is 8.81. The van der Waals surface area contributed by atoms with E-state index < -0.39 is 6.04 Å². The van der Waals surface area contributed by atoms with E-state index in [1.807, 2.05) is 57.3 Å². The zero-order valence-electron chi connectivity index (χ0n) is 15.7. The van der Waals surface area contributed by atoms with Crippen LogP contribution in [-0.2, 0) is 4.79 Å². The molecule has 0 spiro atoms. The van der Waals surface area contributed by atoms with Crippen molar-refractivity contribution >= 4 is 28.8 Å². The van der Waals surface area contributed by atoms with Crippen molar-refractivity contribution in [3.05, 3.63) is 46.2 Å². The second-order valence-electron chi connectivity index (χ2n) is 6.51. The first-order valence-corrected chi connectivity index (χ1v) is 9.69. The predicted octanol–water partition coefficient (Wildman–Crippen LogP) is 4.24. The van der Waals surface area contributed by atoms with Gasteiger partial charge in [0.1, 0.15) is 11.8 Å². The third-order valence-electron chi connectivity index (χ3n) is 3.84. The molecule has 2 aromatic rings. The van der Waals surface area contributed by atoms with Crippen molar-refractivity contribution in [1.29, 1.82) is 0 Å². The van der Waals surface area contributed by atoms with Gasteiger partial charge in [-0.3, -0.25) is 9.59 Å². The van der Waals surface area contributed by atoms with Gasteiger partial charge in [-0.15, -0.1) is 11.3 Å². The summed E-state index contributed by atoms with van der Waals surface area (Å²) in [5.41, 5.74) is 1.67. The van der Waals surface area contributed by atoms with E-state index in [0.29, 0.717) is 22.9 Å². The van der Waals surface area contributed by atoms with Crippen LogP contribution in [0.2, 0.25) is 0 Å². The topological polar surface area (TPSA) is 67.4 Å². The monoisotopic (exact) mass is 374 g/mol. The van der Waals surface area contributed by atoms with Gasteiger partial charge < -0.3 is 15.4 Å². The van der Waals surface area contributed by atoms with E-state index in [0.717, 1.165) is 12.0 Å².